The van der Waals surface area contributed by atoms with Crippen molar-refractivity contribution >= 4 is 46.0 Å². The zero-order valence-corrected chi connectivity index (χ0v) is 16.3. The number of hydrogen-bond donors (Lipinski definition) is 2. The maximum atomic E-state index is 12.7. The highest BCUT2D eigenvalue weighted by atomic mass is 35.5. The van der Waals surface area contributed by atoms with Gasteiger partial charge >= 0.3 is 0 Å². The van der Waals surface area contributed by atoms with E-state index in [2.05, 4.69) is 15.3 Å². The van der Waals surface area contributed by atoms with Crippen molar-refractivity contribution in [2.24, 2.45) is 0 Å². The number of nitro groups is 1. The van der Waals surface area contributed by atoms with Crippen LogP contribution in [0.4, 0.5) is 5.69 Å². The zero-order chi connectivity index (χ0) is 21.1. The molecule has 0 unspecified atom stereocenters. The van der Waals surface area contributed by atoms with Gasteiger partial charge in [-0.2, -0.15) is 0 Å². The zero-order valence-electron chi connectivity index (χ0n) is 15.5. The number of hydrogen-bond acceptors (Lipinski definition) is 4. The van der Waals surface area contributed by atoms with Crippen molar-refractivity contribution < 1.29 is 9.72 Å². The predicted octanol–water partition coefficient (Wildman–Crippen LogP) is 5.05. The minimum atomic E-state index is -0.469. The maximum Gasteiger partial charge on any atom is 0.270 e. The van der Waals surface area contributed by atoms with E-state index in [0.717, 1.165) is 0 Å². The highest BCUT2D eigenvalue weighted by molar-refractivity contribution is 6.31. The second kappa shape index (κ2) is 8.18. The van der Waals surface area contributed by atoms with Gasteiger partial charge in [0.2, 0.25) is 0 Å². The fourth-order valence-corrected chi connectivity index (χ4v) is 3.12. The second-order valence-corrected chi connectivity index (χ2v) is 6.91. The number of non-ortho nitro benzene ring substituents is 1. The van der Waals surface area contributed by atoms with Crippen LogP contribution in [-0.2, 0) is 0 Å². The van der Waals surface area contributed by atoms with Crippen LogP contribution in [0.5, 0.6) is 0 Å². The number of fused-ring (bicyclic) bond motifs is 1. The summed E-state index contributed by atoms with van der Waals surface area (Å²) in [5, 5.41) is 14.5. The van der Waals surface area contributed by atoms with E-state index in [1.807, 2.05) is 6.07 Å². The highest BCUT2D eigenvalue weighted by Gasteiger charge is 2.14. The lowest BCUT2D eigenvalue weighted by molar-refractivity contribution is -0.384. The van der Waals surface area contributed by atoms with Crippen molar-refractivity contribution in [1.29, 1.82) is 0 Å². The number of nitrogens with zero attached hydrogens (tertiary/aromatic N) is 2. The number of amides is 1. The molecule has 0 atom stereocenters. The number of carbonyl (C=O) groups excluding carboxylic acids is 1. The Balaban J connectivity index is 1.78. The molecule has 0 bridgehead atoms. The summed E-state index contributed by atoms with van der Waals surface area (Å²) >= 11 is 6.05. The van der Waals surface area contributed by atoms with Crippen LogP contribution in [0.25, 0.3) is 22.8 Å². The largest absolute Gasteiger partial charge is 0.337 e. The number of nitrogens with one attached hydrogen (secondary N) is 2. The van der Waals surface area contributed by atoms with Gasteiger partial charge < -0.3 is 10.3 Å². The average Bonchev–Trinajstić information content (AvgIpc) is 3.17. The molecule has 1 aromatic heterocycles. The molecule has 3 aromatic carbocycles. The Morgan fingerprint density at radius 2 is 1.87 bits per heavy atom. The van der Waals surface area contributed by atoms with Gasteiger partial charge in [0.05, 0.1) is 21.7 Å². The van der Waals surface area contributed by atoms with E-state index in [4.69, 9.17) is 11.6 Å². The highest BCUT2D eigenvalue weighted by Crippen LogP contribution is 2.22. The summed E-state index contributed by atoms with van der Waals surface area (Å²) in [5.74, 6) is 0.0776. The molecule has 1 amide bonds. The Kier molecular flexibility index (Phi) is 5.28. The molecular weight excluding hydrogens is 404 g/mol. The maximum absolute atomic E-state index is 12.7. The molecule has 0 saturated heterocycles. The monoisotopic (exact) mass is 418 g/mol. The molecule has 0 aliphatic carbocycles. The van der Waals surface area contributed by atoms with Gasteiger partial charge in [-0.3, -0.25) is 14.9 Å². The van der Waals surface area contributed by atoms with Crippen LogP contribution < -0.4 is 5.32 Å². The SMILES string of the molecule is O=C(N/C(=C/c1cccc([N+](=O)[O-])c1)c1nc2ccc(Cl)cc2[nH]1)c1ccccc1. The Morgan fingerprint density at radius 3 is 2.63 bits per heavy atom. The number of aromatic amines is 1. The van der Waals surface area contributed by atoms with Gasteiger partial charge in [-0.25, -0.2) is 4.98 Å². The summed E-state index contributed by atoms with van der Waals surface area (Å²) in [6.45, 7) is 0. The molecule has 4 aromatic rings. The molecule has 0 saturated carbocycles. The van der Waals surface area contributed by atoms with Crippen molar-refractivity contribution in [2.45, 2.75) is 0 Å². The first kappa shape index (κ1) is 19.4. The third-order valence-electron chi connectivity index (χ3n) is 4.38. The van der Waals surface area contributed by atoms with E-state index in [1.165, 1.54) is 12.1 Å². The van der Waals surface area contributed by atoms with Crippen molar-refractivity contribution in [2.75, 3.05) is 0 Å². The van der Waals surface area contributed by atoms with Gasteiger partial charge in [0, 0.05) is 22.7 Å². The molecule has 2 N–H and O–H groups in total. The predicted molar refractivity (Wildman–Crippen MR) is 116 cm³/mol. The number of rotatable bonds is 5. The van der Waals surface area contributed by atoms with Gasteiger partial charge in [-0.1, -0.05) is 41.9 Å². The topological polar surface area (TPSA) is 101 Å². The van der Waals surface area contributed by atoms with Crippen LogP contribution in [0.1, 0.15) is 21.7 Å². The van der Waals surface area contributed by atoms with E-state index in [0.29, 0.717) is 38.7 Å². The van der Waals surface area contributed by atoms with Gasteiger partial charge in [0.25, 0.3) is 11.6 Å². The molecule has 1 heterocycles. The van der Waals surface area contributed by atoms with Crippen LogP contribution in [0.2, 0.25) is 5.02 Å². The Labute approximate surface area is 176 Å². The molecule has 0 fully saturated rings. The lowest BCUT2D eigenvalue weighted by Gasteiger charge is -2.08. The van der Waals surface area contributed by atoms with E-state index in [9.17, 15) is 14.9 Å². The first-order chi connectivity index (χ1) is 14.5. The van der Waals surface area contributed by atoms with E-state index >= 15 is 0 Å². The van der Waals surface area contributed by atoms with Crippen molar-refractivity contribution in [3.05, 3.63) is 105 Å². The van der Waals surface area contributed by atoms with Gasteiger partial charge in [0.1, 0.15) is 0 Å². The van der Waals surface area contributed by atoms with Gasteiger partial charge in [-0.05, 0) is 42.0 Å². The number of nitro benzene ring substituents is 1. The lowest BCUT2D eigenvalue weighted by atomic mass is 10.1. The molecule has 7 nitrogen and oxygen atoms in total. The summed E-state index contributed by atoms with van der Waals surface area (Å²) in [5.41, 5.74) is 2.72. The second-order valence-electron chi connectivity index (χ2n) is 6.48. The Bertz CT molecular complexity index is 1280. The van der Waals surface area contributed by atoms with E-state index < -0.39 is 4.92 Å². The standard InChI is InChI=1S/C22H15ClN4O3/c23-16-9-10-18-19(13-16)25-21(24-18)20(26-22(28)15-6-2-1-3-7-15)12-14-5-4-8-17(11-14)27(29)30/h1-13H,(H,24,25)(H,26,28)/b20-12+. The number of halogens is 1. The molecule has 0 spiro atoms. The number of carbonyl (C=O) groups is 1. The summed E-state index contributed by atoms with van der Waals surface area (Å²) in [4.78, 5) is 31.0. The number of imidazole rings is 1. The molecule has 0 aliphatic heterocycles. The van der Waals surface area contributed by atoms with Crippen LogP contribution >= 0.6 is 11.6 Å². The molecule has 0 aliphatic rings. The third-order valence-corrected chi connectivity index (χ3v) is 4.61. The van der Waals surface area contributed by atoms with E-state index in [1.54, 1.807) is 60.7 Å². The van der Waals surface area contributed by atoms with Crippen molar-refractivity contribution in [1.82, 2.24) is 15.3 Å². The molecular formula is C22H15ClN4O3. The molecule has 4 rings (SSSR count). The number of H-pyrrole nitrogens is 1. The van der Waals surface area contributed by atoms with Crippen LogP contribution in [0.3, 0.4) is 0 Å². The van der Waals surface area contributed by atoms with Crippen LogP contribution in [0, 0.1) is 10.1 Å². The lowest BCUT2D eigenvalue weighted by Crippen LogP contribution is -2.22. The summed E-state index contributed by atoms with van der Waals surface area (Å²) < 4.78 is 0. The summed E-state index contributed by atoms with van der Waals surface area (Å²) in [7, 11) is 0. The first-order valence-electron chi connectivity index (χ1n) is 8.98. The smallest absolute Gasteiger partial charge is 0.270 e. The third kappa shape index (κ3) is 4.21. The Hall–Kier alpha value is -3.97. The van der Waals surface area contributed by atoms with Crippen molar-refractivity contribution in [3.8, 4) is 0 Å². The van der Waals surface area contributed by atoms with Crippen LogP contribution in [0.15, 0.2) is 72.8 Å². The van der Waals surface area contributed by atoms with E-state index in [-0.39, 0.29) is 11.6 Å². The quantitative estimate of drug-likeness (QED) is 0.349. The number of aromatic nitrogens is 2. The van der Waals surface area contributed by atoms with Crippen molar-refractivity contribution in [3.63, 3.8) is 0 Å². The molecule has 148 valence electrons. The molecule has 30 heavy (non-hydrogen) atoms. The first-order valence-corrected chi connectivity index (χ1v) is 9.35. The molecule has 0 radical (unpaired) electrons. The average molecular weight is 419 g/mol. The van der Waals surface area contributed by atoms with Crippen LogP contribution in [-0.4, -0.2) is 20.8 Å². The van der Waals surface area contributed by atoms with Gasteiger partial charge in [0.15, 0.2) is 5.82 Å². The number of benzene rings is 3. The molecule has 8 heteroatoms. The summed E-state index contributed by atoms with van der Waals surface area (Å²) in [6, 6.07) is 20.1. The normalized spacial score (nSPS) is 11.4. The minimum Gasteiger partial charge on any atom is -0.337 e. The Morgan fingerprint density at radius 1 is 1.07 bits per heavy atom. The summed E-state index contributed by atoms with van der Waals surface area (Å²) in [6.07, 6.45) is 1.63. The van der Waals surface area contributed by atoms with Gasteiger partial charge in [-0.15, -0.1) is 0 Å². The fourth-order valence-electron chi connectivity index (χ4n) is 2.95. The minimum absolute atomic E-state index is 0.0473. The fraction of sp³-hybridized carbons (Fsp3) is 0.